The summed E-state index contributed by atoms with van der Waals surface area (Å²) in [6, 6.07) is 15.2. The van der Waals surface area contributed by atoms with Crippen LogP contribution in [0.15, 0.2) is 42.5 Å². The van der Waals surface area contributed by atoms with E-state index in [9.17, 15) is 0 Å². The second-order valence-corrected chi connectivity index (χ2v) is 5.12. The maximum absolute atomic E-state index is 5.78. The van der Waals surface area contributed by atoms with E-state index in [1.165, 1.54) is 27.8 Å². The fraction of sp³-hybridized carbons (Fsp3) is 0.294. The van der Waals surface area contributed by atoms with E-state index in [-0.39, 0.29) is 6.04 Å². The molecule has 2 nitrogen and oxygen atoms in total. The molecule has 2 aromatic carbocycles. The Labute approximate surface area is 115 Å². The molecule has 3 N–H and O–H groups in total. The summed E-state index contributed by atoms with van der Waals surface area (Å²) < 4.78 is 0. The van der Waals surface area contributed by atoms with Crippen LogP contribution in [0, 0.1) is 13.8 Å². The standard InChI is InChI=1S/C17H22N2/c1-4-14-6-5-7-15(11-14)17(19-18)16-9-12(2)8-13(3)10-16/h5-11,17,19H,4,18H2,1-3H3. The molecule has 2 heteroatoms. The molecule has 0 saturated carbocycles. The van der Waals surface area contributed by atoms with Crippen LogP contribution in [0.25, 0.3) is 0 Å². The Bertz CT molecular complexity index is 541. The smallest absolute Gasteiger partial charge is 0.0710 e. The molecule has 0 bridgehead atoms. The van der Waals surface area contributed by atoms with Gasteiger partial charge in [0.1, 0.15) is 0 Å². The predicted octanol–water partition coefficient (Wildman–Crippen LogP) is 3.42. The number of hydrazine groups is 1. The molecule has 0 spiro atoms. The van der Waals surface area contributed by atoms with E-state index < -0.39 is 0 Å². The molecule has 100 valence electrons. The van der Waals surface area contributed by atoms with E-state index in [0.717, 1.165) is 6.42 Å². The molecular formula is C17H22N2. The van der Waals surface area contributed by atoms with Crippen LogP contribution in [0.5, 0.6) is 0 Å². The minimum absolute atomic E-state index is 0.0464. The van der Waals surface area contributed by atoms with Crippen LogP contribution in [-0.2, 0) is 6.42 Å². The molecule has 19 heavy (non-hydrogen) atoms. The average Bonchev–Trinajstić information content (AvgIpc) is 2.39. The van der Waals surface area contributed by atoms with Gasteiger partial charge in [-0.2, -0.15) is 0 Å². The molecule has 1 atom stereocenters. The third kappa shape index (κ3) is 3.22. The van der Waals surface area contributed by atoms with Gasteiger partial charge >= 0.3 is 0 Å². The van der Waals surface area contributed by atoms with Gasteiger partial charge in [-0.05, 0) is 37.0 Å². The maximum atomic E-state index is 5.78. The summed E-state index contributed by atoms with van der Waals surface area (Å²) in [5, 5.41) is 0. The second-order valence-electron chi connectivity index (χ2n) is 5.12. The van der Waals surface area contributed by atoms with Crippen molar-refractivity contribution in [2.75, 3.05) is 0 Å². The highest BCUT2D eigenvalue weighted by Gasteiger charge is 2.13. The van der Waals surface area contributed by atoms with Crippen molar-refractivity contribution in [2.24, 2.45) is 5.84 Å². The molecule has 0 aliphatic carbocycles. The highest BCUT2D eigenvalue weighted by atomic mass is 15.2. The Morgan fingerprint density at radius 2 is 1.68 bits per heavy atom. The van der Waals surface area contributed by atoms with Gasteiger partial charge in [-0.3, -0.25) is 5.84 Å². The van der Waals surface area contributed by atoms with Crippen molar-refractivity contribution in [3.8, 4) is 0 Å². The summed E-state index contributed by atoms with van der Waals surface area (Å²) in [6.07, 6.45) is 1.04. The number of aryl methyl sites for hydroxylation is 3. The minimum atomic E-state index is 0.0464. The van der Waals surface area contributed by atoms with Crippen molar-refractivity contribution in [1.29, 1.82) is 0 Å². The van der Waals surface area contributed by atoms with Gasteiger partial charge in [0.2, 0.25) is 0 Å². The SMILES string of the molecule is CCc1cccc(C(NN)c2cc(C)cc(C)c2)c1. The van der Waals surface area contributed by atoms with E-state index in [4.69, 9.17) is 5.84 Å². The first-order chi connectivity index (χ1) is 9.13. The largest absolute Gasteiger partial charge is 0.271 e. The molecule has 0 saturated heterocycles. The van der Waals surface area contributed by atoms with Gasteiger partial charge in [0.25, 0.3) is 0 Å². The van der Waals surface area contributed by atoms with Gasteiger partial charge in [0.15, 0.2) is 0 Å². The Kier molecular flexibility index (Phi) is 4.35. The average molecular weight is 254 g/mol. The van der Waals surface area contributed by atoms with E-state index in [2.05, 4.69) is 68.7 Å². The Hall–Kier alpha value is -1.64. The molecule has 2 aromatic rings. The van der Waals surface area contributed by atoms with Crippen LogP contribution in [0.3, 0.4) is 0 Å². The van der Waals surface area contributed by atoms with Crippen molar-refractivity contribution >= 4 is 0 Å². The number of nitrogens with one attached hydrogen (secondary N) is 1. The van der Waals surface area contributed by atoms with Crippen LogP contribution >= 0.6 is 0 Å². The molecule has 1 unspecified atom stereocenters. The lowest BCUT2D eigenvalue weighted by molar-refractivity contribution is 0.635. The monoisotopic (exact) mass is 254 g/mol. The number of hydrogen-bond acceptors (Lipinski definition) is 2. The molecule has 0 aliphatic heterocycles. The Balaban J connectivity index is 2.43. The Morgan fingerprint density at radius 3 is 2.26 bits per heavy atom. The minimum Gasteiger partial charge on any atom is -0.271 e. The summed E-state index contributed by atoms with van der Waals surface area (Å²) in [4.78, 5) is 0. The lowest BCUT2D eigenvalue weighted by Crippen LogP contribution is -2.29. The molecule has 0 fully saturated rings. The predicted molar refractivity (Wildman–Crippen MR) is 80.9 cm³/mol. The van der Waals surface area contributed by atoms with E-state index in [1.54, 1.807) is 0 Å². The van der Waals surface area contributed by atoms with Gasteiger partial charge in [0, 0.05) is 0 Å². The normalized spacial score (nSPS) is 12.4. The zero-order valence-corrected chi connectivity index (χ0v) is 11.9. The van der Waals surface area contributed by atoms with Crippen molar-refractivity contribution in [3.05, 3.63) is 70.3 Å². The lowest BCUT2D eigenvalue weighted by atomic mass is 9.95. The summed E-state index contributed by atoms with van der Waals surface area (Å²) in [5.74, 6) is 5.78. The fourth-order valence-electron chi connectivity index (χ4n) is 2.55. The maximum Gasteiger partial charge on any atom is 0.0710 e. The van der Waals surface area contributed by atoms with Crippen molar-refractivity contribution in [1.82, 2.24) is 5.43 Å². The number of nitrogens with two attached hydrogens (primary N) is 1. The molecule has 0 aromatic heterocycles. The summed E-state index contributed by atoms with van der Waals surface area (Å²) >= 11 is 0. The fourth-order valence-corrected chi connectivity index (χ4v) is 2.55. The van der Waals surface area contributed by atoms with Gasteiger partial charge < -0.3 is 0 Å². The van der Waals surface area contributed by atoms with Gasteiger partial charge in [-0.15, -0.1) is 0 Å². The number of rotatable bonds is 4. The number of hydrogen-bond donors (Lipinski definition) is 2. The third-order valence-electron chi connectivity index (χ3n) is 3.44. The quantitative estimate of drug-likeness (QED) is 0.648. The summed E-state index contributed by atoms with van der Waals surface area (Å²) in [6.45, 7) is 6.40. The van der Waals surface area contributed by atoms with Gasteiger partial charge in [-0.1, -0.05) is 60.5 Å². The van der Waals surface area contributed by atoms with E-state index in [0.29, 0.717) is 0 Å². The summed E-state index contributed by atoms with van der Waals surface area (Å²) in [5.41, 5.74) is 9.24. The molecular weight excluding hydrogens is 232 g/mol. The molecule has 0 amide bonds. The highest BCUT2D eigenvalue weighted by molar-refractivity contribution is 5.38. The lowest BCUT2D eigenvalue weighted by Gasteiger charge is -2.19. The van der Waals surface area contributed by atoms with Crippen LogP contribution < -0.4 is 11.3 Å². The van der Waals surface area contributed by atoms with Crippen molar-refractivity contribution in [2.45, 2.75) is 33.2 Å². The van der Waals surface area contributed by atoms with Crippen molar-refractivity contribution < 1.29 is 0 Å². The van der Waals surface area contributed by atoms with Crippen LogP contribution in [0.4, 0.5) is 0 Å². The van der Waals surface area contributed by atoms with Crippen molar-refractivity contribution in [3.63, 3.8) is 0 Å². The zero-order chi connectivity index (χ0) is 13.8. The van der Waals surface area contributed by atoms with Gasteiger partial charge in [-0.25, -0.2) is 5.43 Å². The zero-order valence-electron chi connectivity index (χ0n) is 11.9. The van der Waals surface area contributed by atoms with Crippen LogP contribution in [0.2, 0.25) is 0 Å². The first-order valence-electron chi connectivity index (χ1n) is 6.77. The van der Waals surface area contributed by atoms with Crippen LogP contribution in [0.1, 0.15) is 40.8 Å². The topological polar surface area (TPSA) is 38.0 Å². The highest BCUT2D eigenvalue weighted by Crippen LogP contribution is 2.24. The molecule has 0 aliphatic rings. The Morgan fingerprint density at radius 1 is 1.00 bits per heavy atom. The third-order valence-corrected chi connectivity index (χ3v) is 3.44. The molecule has 0 radical (unpaired) electrons. The van der Waals surface area contributed by atoms with E-state index >= 15 is 0 Å². The second kappa shape index (κ2) is 6.00. The first kappa shape index (κ1) is 13.8. The number of benzene rings is 2. The first-order valence-corrected chi connectivity index (χ1v) is 6.77. The van der Waals surface area contributed by atoms with Crippen LogP contribution in [-0.4, -0.2) is 0 Å². The summed E-state index contributed by atoms with van der Waals surface area (Å²) in [7, 11) is 0. The van der Waals surface area contributed by atoms with Gasteiger partial charge in [0.05, 0.1) is 6.04 Å². The molecule has 2 rings (SSSR count). The molecule has 0 heterocycles. The van der Waals surface area contributed by atoms with E-state index in [1.807, 2.05) is 0 Å².